The Morgan fingerprint density at radius 3 is 2.50 bits per heavy atom. The molecule has 96 valence electrons. The van der Waals surface area contributed by atoms with Crippen molar-refractivity contribution < 1.29 is 38.6 Å². The van der Waals surface area contributed by atoms with Crippen LogP contribution in [0.25, 0.3) is 0 Å². The van der Waals surface area contributed by atoms with E-state index in [2.05, 4.69) is 4.74 Å². The fraction of sp³-hybridized carbons (Fsp3) is 1.00. The number of hydrogen-bond donors (Lipinski definition) is 4. The third kappa shape index (κ3) is 2.42. The Hall–Kier alpha value is 0.300. The zero-order valence-electron chi connectivity index (χ0n) is 8.22. The van der Waals surface area contributed by atoms with Crippen molar-refractivity contribution in [3.8, 4) is 0 Å². The molecule has 1 saturated heterocycles. The van der Waals surface area contributed by atoms with Crippen molar-refractivity contribution in [2.75, 3.05) is 12.9 Å². The van der Waals surface area contributed by atoms with E-state index in [1.807, 2.05) is 0 Å². The summed E-state index contributed by atoms with van der Waals surface area (Å²) in [5.41, 5.74) is -3.33. The highest BCUT2D eigenvalue weighted by molar-refractivity contribution is 7.93. The Morgan fingerprint density at radius 1 is 1.56 bits per heavy atom. The van der Waals surface area contributed by atoms with Gasteiger partial charge in [-0.1, -0.05) is 0 Å². The molecule has 1 rings (SSSR count). The lowest BCUT2D eigenvalue weighted by Gasteiger charge is -2.38. The Balaban J connectivity index is 2.82. The van der Waals surface area contributed by atoms with Gasteiger partial charge in [-0.25, -0.2) is 0 Å². The summed E-state index contributed by atoms with van der Waals surface area (Å²) in [6.45, 7) is -0.261. The van der Waals surface area contributed by atoms with E-state index in [1.54, 1.807) is 6.26 Å². The molecule has 0 saturated carbocycles. The third-order valence-corrected chi connectivity index (χ3v) is 3.71. The molecule has 0 amide bonds. The number of rotatable bonds is 4. The van der Waals surface area contributed by atoms with Crippen LogP contribution in [0.3, 0.4) is 0 Å². The van der Waals surface area contributed by atoms with Gasteiger partial charge < -0.3 is 34.0 Å². The van der Waals surface area contributed by atoms with Crippen molar-refractivity contribution in [2.45, 2.75) is 23.8 Å². The van der Waals surface area contributed by atoms with Gasteiger partial charge in [-0.15, -0.1) is 0 Å². The maximum Gasteiger partial charge on any atom is 0.343 e. The third-order valence-electron chi connectivity index (χ3n) is 2.15. The van der Waals surface area contributed by atoms with Gasteiger partial charge in [0.15, 0.2) is 0 Å². The van der Waals surface area contributed by atoms with Crippen LogP contribution in [0.15, 0.2) is 0 Å². The Morgan fingerprint density at radius 2 is 2.12 bits per heavy atom. The van der Waals surface area contributed by atoms with Crippen LogP contribution >= 0.6 is 19.6 Å². The maximum atomic E-state index is 11.6. The quantitative estimate of drug-likeness (QED) is 0.326. The summed E-state index contributed by atoms with van der Waals surface area (Å²) >= 11 is 0.931. The lowest BCUT2D eigenvalue weighted by Crippen LogP contribution is -2.53. The van der Waals surface area contributed by atoms with E-state index < -0.39 is 31.4 Å². The Kier molecular flexibility index (Phi) is 4.39. The summed E-state index contributed by atoms with van der Waals surface area (Å²) in [7, 11) is -5.24. The normalized spacial score (nSPS) is 40.2. The van der Waals surface area contributed by atoms with E-state index in [0.29, 0.717) is 0 Å². The molecule has 4 atom stereocenters. The second kappa shape index (κ2) is 4.89. The van der Waals surface area contributed by atoms with Crippen LogP contribution in [0.4, 0.5) is 0 Å². The lowest BCUT2D eigenvalue weighted by atomic mass is 10.1. The Labute approximate surface area is 95.6 Å². The molecule has 1 aliphatic rings. The molecule has 0 spiro atoms. The van der Waals surface area contributed by atoms with Gasteiger partial charge >= 0.3 is 7.60 Å². The number of aliphatic hydroxyl groups excluding tert-OH is 2. The molecule has 0 aliphatic carbocycles. The van der Waals surface area contributed by atoms with Gasteiger partial charge in [-0.3, -0.25) is 4.57 Å². The van der Waals surface area contributed by atoms with Crippen molar-refractivity contribution in [1.29, 1.82) is 0 Å². The number of ether oxygens (including phenoxy) is 1. The minimum absolute atomic E-state index is 0.261. The van der Waals surface area contributed by atoms with Crippen molar-refractivity contribution in [2.24, 2.45) is 0 Å². The van der Waals surface area contributed by atoms with Gasteiger partial charge in [0.2, 0.25) is 0 Å². The molecule has 8 nitrogen and oxygen atoms in total. The molecular weight excluding hydrogens is 263 g/mol. The smallest absolute Gasteiger partial charge is 0.343 e. The first-order valence-electron chi connectivity index (χ1n) is 4.19. The first kappa shape index (κ1) is 14.4. The fourth-order valence-electron chi connectivity index (χ4n) is 1.28. The Bertz CT molecular complexity index is 294. The zero-order valence-corrected chi connectivity index (χ0v) is 9.93. The number of hydrogen-bond acceptors (Lipinski definition) is 7. The summed E-state index contributed by atoms with van der Waals surface area (Å²) in [5, 5.41) is 30.2. The second-order valence-electron chi connectivity index (χ2n) is 3.22. The van der Waals surface area contributed by atoms with Crippen LogP contribution in [0.1, 0.15) is 0 Å². The summed E-state index contributed by atoms with van der Waals surface area (Å²) in [6.07, 6.45) is -3.60. The van der Waals surface area contributed by atoms with E-state index in [4.69, 9.17) is 14.0 Å². The molecule has 4 N–H and O–H groups in total. The predicted octanol–water partition coefficient (Wildman–Crippen LogP) is -2.41. The minimum atomic E-state index is -5.24. The molecule has 0 unspecified atom stereocenters. The van der Waals surface area contributed by atoms with Crippen molar-refractivity contribution in [3.63, 3.8) is 0 Å². The van der Waals surface area contributed by atoms with Gasteiger partial charge in [0.25, 0.3) is 0 Å². The van der Waals surface area contributed by atoms with E-state index >= 15 is 0 Å². The van der Waals surface area contributed by atoms with Crippen molar-refractivity contribution >= 4 is 19.6 Å². The molecule has 1 aliphatic heterocycles. The van der Waals surface area contributed by atoms with Crippen LogP contribution in [0.5, 0.6) is 0 Å². The van der Waals surface area contributed by atoms with Gasteiger partial charge in [0, 0.05) is 6.26 Å². The van der Waals surface area contributed by atoms with Crippen LogP contribution in [0, 0.1) is 0 Å². The van der Waals surface area contributed by atoms with E-state index in [0.717, 1.165) is 12.0 Å². The summed E-state index contributed by atoms with van der Waals surface area (Å²) < 4.78 is 20.1. The molecule has 0 aromatic rings. The van der Waals surface area contributed by atoms with Crippen LogP contribution in [0.2, 0.25) is 0 Å². The molecule has 0 aromatic carbocycles. The first-order valence-corrected chi connectivity index (χ1v) is 6.96. The largest absolute Gasteiger partial charge is 0.817 e. The predicted molar refractivity (Wildman–Crippen MR) is 51.1 cm³/mol. The maximum absolute atomic E-state index is 11.6. The molecule has 0 bridgehead atoms. The van der Waals surface area contributed by atoms with E-state index in [9.17, 15) is 19.9 Å². The molecule has 10 heteroatoms. The monoisotopic (exact) mass is 275 g/mol. The minimum Gasteiger partial charge on any atom is -0.817 e. The fourth-order valence-corrected chi connectivity index (χ4v) is 2.32. The highest BCUT2D eigenvalue weighted by atomic mass is 32.2. The average Bonchev–Trinajstić information content (AvgIpc) is 2.40. The molecule has 1 fully saturated rings. The van der Waals surface area contributed by atoms with Crippen LogP contribution in [-0.2, 0) is 13.5 Å². The SMILES string of the molecule is CSOC[C@H]1O[C@]([O-])(P(=O)(O)O)[C@H](O)[C@@H]1O. The average molecular weight is 275 g/mol. The zero-order chi connectivity index (χ0) is 12.6. The summed E-state index contributed by atoms with van der Waals surface area (Å²) in [5.74, 6) is 0. The summed E-state index contributed by atoms with van der Waals surface area (Å²) in [6, 6.07) is 0. The topological polar surface area (TPSA) is 140 Å². The van der Waals surface area contributed by atoms with Gasteiger partial charge in [0.05, 0.1) is 6.61 Å². The van der Waals surface area contributed by atoms with Crippen molar-refractivity contribution in [1.82, 2.24) is 0 Å². The van der Waals surface area contributed by atoms with Gasteiger partial charge in [-0.05, 0) is 12.0 Å². The van der Waals surface area contributed by atoms with Crippen LogP contribution < -0.4 is 5.11 Å². The molecule has 0 aromatic heterocycles. The van der Waals surface area contributed by atoms with Crippen LogP contribution in [-0.4, -0.2) is 56.7 Å². The molecule has 16 heavy (non-hydrogen) atoms. The lowest BCUT2D eigenvalue weighted by molar-refractivity contribution is -0.529. The van der Waals surface area contributed by atoms with E-state index in [-0.39, 0.29) is 6.61 Å². The highest BCUT2D eigenvalue weighted by Gasteiger charge is 2.56. The molecular formula is C6H12O8PS-. The van der Waals surface area contributed by atoms with E-state index in [1.165, 1.54) is 0 Å². The van der Waals surface area contributed by atoms with Crippen molar-refractivity contribution in [3.05, 3.63) is 0 Å². The number of aliphatic hydroxyl groups is 2. The standard InChI is InChI=1S/C6H12O8PS/c1-16-13-2-3-4(7)5(8)6(9,14-3)15(10,11)12/h3-5,7-8H,2H2,1H3,(H2,10,11,12)/q-1/t3-,4-,5-,6+/m1/s1. The molecule has 0 radical (unpaired) electrons. The van der Waals surface area contributed by atoms with Gasteiger partial charge in [0.1, 0.15) is 23.8 Å². The highest BCUT2D eigenvalue weighted by Crippen LogP contribution is 2.53. The molecule has 1 heterocycles. The second-order valence-corrected chi connectivity index (χ2v) is 5.50. The van der Waals surface area contributed by atoms with Gasteiger partial charge in [-0.2, -0.15) is 0 Å². The summed E-state index contributed by atoms with van der Waals surface area (Å²) in [4.78, 5) is 17.5. The first-order chi connectivity index (χ1) is 7.24.